The van der Waals surface area contributed by atoms with E-state index in [-0.39, 0.29) is 5.56 Å². The van der Waals surface area contributed by atoms with Gasteiger partial charge in [-0.2, -0.15) is 0 Å². The molecule has 0 aliphatic heterocycles. The molecule has 1 aromatic heterocycles. The van der Waals surface area contributed by atoms with Crippen molar-refractivity contribution in [1.82, 2.24) is 9.55 Å². The number of methoxy groups -OCH3 is 1. The van der Waals surface area contributed by atoms with Gasteiger partial charge in [-0.15, -0.1) is 0 Å². The minimum atomic E-state index is -0.109. The summed E-state index contributed by atoms with van der Waals surface area (Å²) in [5.41, 5.74) is 1.57. The van der Waals surface area contributed by atoms with E-state index in [9.17, 15) is 4.79 Å². The lowest BCUT2D eigenvalue weighted by atomic mass is 10.2. The second-order valence-corrected chi connectivity index (χ2v) is 4.85. The van der Waals surface area contributed by atoms with Gasteiger partial charge in [-0.25, -0.2) is 4.98 Å². The Morgan fingerprint density at radius 1 is 1.33 bits per heavy atom. The highest BCUT2D eigenvalue weighted by Crippen LogP contribution is 2.13. The fourth-order valence-electron chi connectivity index (χ4n) is 1.67. The fourth-order valence-corrected chi connectivity index (χ4v) is 1.93. The maximum Gasteiger partial charge on any atom is 0.299 e. The van der Waals surface area contributed by atoms with Crippen molar-refractivity contribution < 1.29 is 4.74 Å². The monoisotopic (exact) mass is 308 g/mol. The largest absolute Gasteiger partial charge is 0.468 e. The molecule has 0 spiro atoms. The predicted molar refractivity (Wildman–Crippen MR) is 73.0 cm³/mol. The van der Waals surface area contributed by atoms with Crippen LogP contribution in [0.3, 0.4) is 0 Å². The molecule has 1 aromatic carbocycles. The van der Waals surface area contributed by atoms with Gasteiger partial charge < -0.3 is 4.74 Å². The quantitative estimate of drug-likeness (QED) is 0.874. The Balaban J connectivity index is 2.39. The molecule has 94 valence electrons. The van der Waals surface area contributed by atoms with Crippen molar-refractivity contribution in [2.24, 2.45) is 0 Å². The zero-order valence-corrected chi connectivity index (χ0v) is 11.8. The zero-order valence-electron chi connectivity index (χ0n) is 10.2. The average Bonchev–Trinajstić information content (AvgIpc) is 2.34. The van der Waals surface area contributed by atoms with Gasteiger partial charge in [0.25, 0.3) is 11.6 Å². The van der Waals surface area contributed by atoms with Crippen LogP contribution in [0.25, 0.3) is 0 Å². The van der Waals surface area contributed by atoms with Crippen LogP contribution in [-0.2, 0) is 6.54 Å². The second-order valence-electron chi connectivity index (χ2n) is 3.94. The van der Waals surface area contributed by atoms with Crippen LogP contribution in [0, 0.1) is 6.92 Å². The van der Waals surface area contributed by atoms with Gasteiger partial charge in [0.15, 0.2) is 0 Å². The highest BCUT2D eigenvalue weighted by atomic mass is 79.9. The van der Waals surface area contributed by atoms with Crippen LogP contribution in [0.4, 0.5) is 0 Å². The molecule has 0 N–H and O–H groups in total. The van der Waals surface area contributed by atoms with Gasteiger partial charge in [0, 0.05) is 16.2 Å². The molecule has 18 heavy (non-hydrogen) atoms. The first-order valence-electron chi connectivity index (χ1n) is 5.47. The van der Waals surface area contributed by atoms with E-state index in [2.05, 4.69) is 20.9 Å². The summed E-state index contributed by atoms with van der Waals surface area (Å²) in [4.78, 5) is 16.1. The van der Waals surface area contributed by atoms with E-state index in [1.54, 1.807) is 6.92 Å². The van der Waals surface area contributed by atoms with Crippen molar-refractivity contribution in [2.45, 2.75) is 13.5 Å². The number of aromatic nitrogens is 2. The molecular weight excluding hydrogens is 296 g/mol. The maximum absolute atomic E-state index is 11.9. The van der Waals surface area contributed by atoms with Crippen molar-refractivity contribution in [3.8, 4) is 6.01 Å². The minimum Gasteiger partial charge on any atom is -0.468 e. The molecule has 0 aliphatic carbocycles. The Morgan fingerprint density at radius 2 is 2.00 bits per heavy atom. The number of hydrogen-bond acceptors (Lipinski definition) is 3. The Labute approximate surface area is 113 Å². The molecule has 0 aliphatic rings. The van der Waals surface area contributed by atoms with Gasteiger partial charge in [-0.1, -0.05) is 28.1 Å². The molecular formula is C13H13BrN2O2. The molecule has 0 radical (unpaired) electrons. The first kappa shape index (κ1) is 12.8. The third kappa shape index (κ3) is 2.79. The summed E-state index contributed by atoms with van der Waals surface area (Å²) in [6.07, 6.45) is 0. The van der Waals surface area contributed by atoms with Crippen molar-refractivity contribution in [1.29, 1.82) is 0 Å². The van der Waals surface area contributed by atoms with Gasteiger partial charge in [-0.05, 0) is 24.6 Å². The molecule has 0 saturated carbocycles. The van der Waals surface area contributed by atoms with Gasteiger partial charge in [0.05, 0.1) is 13.7 Å². The first-order valence-corrected chi connectivity index (χ1v) is 6.26. The number of aryl methyl sites for hydroxylation is 1. The molecule has 0 bridgehead atoms. The summed E-state index contributed by atoms with van der Waals surface area (Å²) >= 11 is 3.38. The Morgan fingerprint density at radius 3 is 2.61 bits per heavy atom. The molecule has 0 unspecified atom stereocenters. The second kappa shape index (κ2) is 5.35. The van der Waals surface area contributed by atoms with Crippen molar-refractivity contribution in [3.63, 3.8) is 0 Å². The smallest absolute Gasteiger partial charge is 0.299 e. The van der Waals surface area contributed by atoms with Crippen LogP contribution in [-0.4, -0.2) is 16.7 Å². The van der Waals surface area contributed by atoms with E-state index in [4.69, 9.17) is 4.74 Å². The van der Waals surface area contributed by atoms with Crippen LogP contribution >= 0.6 is 15.9 Å². The summed E-state index contributed by atoms with van der Waals surface area (Å²) in [6, 6.07) is 9.62. The number of rotatable bonds is 3. The highest BCUT2D eigenvalue weighted by Gasteiger charge is 2.07. The zero-order chi connectivity index (χ0) is 13.1. The minimum absolute atomic E-state index is 0.109. The topological polar surface area (TPSA) is 44.1 Å². The van der Waals surface area contributed by atoms with Gasteiger partial charge >= 0.3 is 0 Å². The molecule has 0 amide bonds. The van der Waals surface area contributed by atoms with E-state index >= 15 is 0 Å². The van der Waals surface area contributed by atoms with E-state index in [1.807, 2.05) is 24.3 Å². The molecule has 5 heteroatoms. The van der Waals surface area contributed by atoms with Gasteiger partial charge in [0.2, 0.25) is 0 Å². The van der Waals surface area contributed by atoms with Crippen LogP contribution < -0.4 is 10.3 Å². The number of nitrogens with zero attached hydrogens (tertiary/aromatic N) is 2. The van der Waals surface area contributed by atoms with E-state index in [0.717, 1.165) is 10.0 Å². The van der Waals surface area contributed by atoms with Crippen molar-refractivity contribution >= 4 is 15.9 Å². The third-order valence-electron chi connectivity index (χ3n) is 2.54. The average molecular weight is 309 g/mol. The Bertz CT molecular complexity index is 605. The van der Waals surface area contributed by atoms with E-state index < -0.39 is 0 Å². The standard InChI is InChI=1S/C13H13BrN2O2/c1-9-7-12(17)16(13(15-9)18-2)8-10-3-5-11(14)6-4-10/h3-7H,8H2,1-2H3. The maximum atomic E-state index is 11.9. The molecule has 4 nitrogen and oxygen atoms in total. The molecule has 0 fully saturated rings. The summed E-state index contributed by atoms with van der Waals surface area (Å²) < 4.78 is 7.66. The third-order valence-corrected chi connectivity index (χ3v) is 3.07. The van der Waals surface area contributed by atoms with Gasteiger partial charge in [0.1, 0.15) is 0 Å². The Hall–Kier alpha value is -1.62. The molecule has 1 heterocycles. The van der Waals surface area contributed by atoms with Crippen molar-refractivity contribution in [3.05, 3.63) is 56.4 Å². The van der Waals surface area contributed by atoms with E-state index in [0.29, 0.717) is 18.2 Å². The highest BCUT2D eigenvalue weighted by molar-refractivity contribution is 9.10. The lowest BCUT2D eigenvalue weighted by molar-refractivity contribution is 0.350. The lowest BCUT2D eigenvalue weighted by Gasteiger charge is -2.11. The molecule has 0 atom stereocenters. The lowest BCUT2D eigenvalue weighted by Crippen LogP contribution is -2.23. The molecule has 2 aromatic rings. The van der Waals surface area contributed by atoms with Crippen LogP contribution in [0.2, 0.25) is 0 Å². The normalized spacial score (nSPS) is 10.4. The molecule has 0 saturated heterocycles. The summed E-state index contributed by atoms with van der Waals surface area (Å²) in [5.74, 6) is 0. The van der Waals surface area contributed by atoms with E-state index in [1.165, 1.54) is 17.7 Å². The van der Waals surface area contributed by atoms with Crippen molar-refractivity contribution in [2.75, 3.05) is 7.11 Å². The SMILES string of the molecule is COc1nc(C)cc(=O)n1Cc1ccc(Br)cc1. The molecule has 2 rings (SSSR count). The van der Waals surface area contributed by atoms with Crippen LogP contribution in [0.1, 0.15) is 11.3 Å². The summed E-state index contributed by atoms with van der Waals surface area (Å²) in [7, 11) is 1.51. The van der Waals surface area contributed by atoms with Crippen LogP contribution in [0.15, 0.2) is 39.6 Å². The Kier molecular flexibility index (Phi) is 3.81. The first-order chi connectivity index (χ1) is 8.60. The van der Waals surface area contributed by atoms with Crippen LogP contribution in [0.5, 0.6) is 6.01 Å². The fraction of sp³-hybridized carbons (Fsp3) is 0.231. The summed E-state index contributed by atoms with van der Waals surface area (Å²) in [6.45, 7) is 2.22. The van der Waals surface area contributed by atoms with Gasteiger partial charge in [-0.3, -0.25) is 9.36 Å². The predicted octanol–water partition coefficient (Wildman–Crippen LogP) is 2.37. The number of hydrogen-bond donors (Lipinski definition) is 0. The summed E-state index contributed by atoms with van der Waals surface area (Å²) in [5, 5.41) is 0. The number of benzene rings is 1. The number of halogens is 1. The number of ether oxygens (including phenoxy) is 1.